The SMILES string of the molecule is CC(=O)Nc1cccc(NC(=O)[C@@H]2CC(=O)N(c3ccc(C)cc3)C2)c1. The summed E-state index contributed by atoms with van der Waals surface area (Å²) >= 11 is 0. The van der Waals surface area contributed by atoms with Crippen molar-refractivity contribution in [1.29, 1.82) is 0 Å². The number of aryl methyl sites for hydroxylation is 1. The Bertz CT molecular complexity index is 846. The molecule has 6 heteroatoms. The standard InChI is InChI=1S/C20H21N3O3/c1-13-6-8-18(9-7-13)23-12-15(10-19(23)25)20(26)22-17-5-3-4-16(11-17)21-14(2)24/h3-9,11,15H,10,12H2,1-2H3,(H,21,24)(H,22,26)/t15-/m1/s1. The van der Waals surface area contributed by atoms with Gasteiger partial charge in [-0.05, 0) is 37.3 Å². The van der Waals surface area contributed by atoms with E-state index in [1.54, 1.807) is 29.2 Å². The molecule has 134 valence electrons. The summed E-state index contributed by atoms with van der Waals surface area (Å²) in [6.07, 6.45) is 0.186. The third-order valence-electron chi connectivity index (χ3n) is 4.29. The lowest BCUT2D eigenvalue weighted by Crippen LogP contribution is -2.28. The Morgan fingerprint density at radius 3 is 2.35 bits per heavy atom. The van der Waals surface area contributed by atoms with E-state index in [-0.39, 0.29) is 24.1 Å². The summed E-state index contributed by atoms with van der Waals surface area (Å²) < 4.78 is 0. The molecule has 1 atom stereocenters. The molecular formula is C20H21N3O3. The molecule has 2 aromatic carbocycles. The molecule has 0 aromatic heterocycles. The van der Waals surface area contributed by atoms with Crippen molar-refractivity contribution < 1.29 is 14.4 Å². The van der Waals surface area contributed by atoms with E-state index in [9.17, 15) is 14.4 Å². The largest absolute Gasteiger partial charge is 0.326 e. The van der Waals surface area contributed by atoms with Gasteiger partial charge in [-0.1, -0.05) is 23.8 Å². The summed E-state index contributed by atoms with van der Waals surface area (Å²) in [6.45, 7) is 3.77. The van der Waals surface area contributed by atoms with Gasteiger partial charge in [-0.25, -0.2) is 0 Å². The number of rotatable bonds is 4. The highest BCUT2D eigenvalue weighted by Gasteiger charge is 2.35. The smallest absolute Gasteiger partial charge is 0.229 e. The number of anilines is 3. The molecule has 1 aliphatic heterocycles. The number of hydrogen-bond acceptors (Lipinski definition) is 3. The van der Waals surface area contributed by atoms with Crippen molar-refractivity contribution in [1.82, 2.24) is 0 Å². The molecule has 1 fully saturated rings. The average molecular weight is 351 g/mol. The minimum absolute atomic E-state index is 0.0546. The van der Waals surface area contributed by atoms with Gasteiger partial charge in [0.1, 0.15) is 0 Å². The minimum Gasteiger partial charge on any atom is -0.326 e. The second-order valence-electron chi connectivity index (χ2n) is 6.49. The van der Waals surface area contributed by atoms with E-state index in [0.717, 1.165) is 11.3 Å². The molecule has 0 bridgehead atoms. The number of hydrogen-bond donors (Lipinski definition) is 2. The first-order chi connectivity index (χ1) is 12.4. The van der Waals surface area contributed by atoms with Gasteiger partial charge in [-0.2, -0.15) is 0 Å². The van der Waals surface area contributed by atoms with Crippen molar-refractivity contribution in [3.8, 4) is 0 Å². The zero-order valence-corrected chi connectivity index (χ0v) is 14.8. The molecule has 6 nitrogen and oxygen atoms in total. The van der Waals surface area contributed by atoms with Crippen LogP contribution in [0.5, 0.6) is 0 Å². The van der Waals surface area contributed by atoms with Crippen molar-refractivity contribution in [2.75, 3.05) is 22.1 Å². The molecule has 3 amide bonds. The Morgan fingerprint density at radius 1 is 1.04 bits per heavy atom. The highest BCUT2D eigenvalue weighted by molar-refractivity contribution is 6.03. The van der Waals surface area contributed by atoms with Crippen molar-refractivity contribution in [2.45, 2.75) is 20.3 Å². The molecule has 1 heterocycles. The lowest BCUT2D eigenvalue weighted by molar-refractivity contribution is -0.122. The van der Waals surface area contributed by atoms with E-state index in [1.807, 2.05) is 31.2 Å². The van der Waals surface area contributed by atoms with E-state index in [2.05, 4.69) is 10.6 Å². The van der Waals surface area contributed by atoms with Crippen LogP contribution in [0.2, 0.25) is 0 Å². The van der Waals surface area contributed by atoms with Gasteiger partial charge in [0.25, 0.3) is 0 Å². The Labute approximate surface area is 152 Å². The van der Waals surface area contributed by atoms with E-state index < -0.39 is 5.92 Å². The summed E-state index contributed by atoms with van der Waals surface area (Å²) in [6, 6.07) is 14.6. The monoisotopic (exact) mass is 351 g/mol. The third-order valence-corrected chi connectivity index (χ3v) is 4.29. The lowest BCUT2D eigenvalue weighted by atomic mass is 10.1. The zero-order valence-electron chi connectivity index (χ0n) is 14.8. The first-order valence-corrected chi connectivity index (χ1v) is 8.48. The number of nitrogens with zero attached hydrogens (tertiary/aromatic N) is 1. The van der Waals surface area contributed by atoms with Crippen LogP contribution in [0.1, 0.15) is 18.9 Å². The highest BCUT2D eigenvalue weighted by Crippen LogP contribution is 2.26. The van der Waals surface area contributed by atoms with Gasteiger partial charge in [0.05, 0.1) is 5.92 Å². The van der Waals surface area contributed by atoms with E-state index in [4.69, 9.17) is 0 Å². The maximum absolute atomic E-state index is 12.5. The molecule has 0 aliphatic carbocycles. The predicted octanol–water partition coefficient (Wildman–Crippen LogP) is 2.95. The van der Waals surface area contributed by atoms with Gasteiger partial charge in [0, 0.05) is 37.0 Å². The van der Waals surface area contributed by atoms with Crippen LogP contribution in [-0.2, 0) is 14.4 Å². The minimum atomic E-state index is -0.409. The molecule has 0 radical (unpaired) electrons. The first-order valence-electron chi connectivity index (χ1n) is 8.48. The van der Waals surface area contributed by atoms with Crippen LogP contribution in [0.15, 0.2) is 48.5 Å². The average Bonchev–Trinajstić information content (AvgIpc) is 2.97. The maximum Gasteiger partial charge on any atom is 0.229 e. The third kappa shape index (κ3) is 4.08. The number of amides is 3. The van der Waals surface area contributed by atoms with Gasteiger partial charge in [0.2, 0.25) is 17.7 Å². The van der Waals surface area contributed by atoms with E-state index >= 15 is 0 Å². The summed E-state index contributed by atoms with van der Waals surface area (Å²) in [5.41, 5.74) is 3.12. The molecular weight excluding hydrogens is 330 g/mol. The van der Waals surface area contributed by atoms with Crippen LogP contribution in [-0.4, -0.2) is 24.3 Å². The molecule has 3 rings (SSSR count). The summed E-state index contributed by atoms with van der Waals surface area (Å²) in [5, 5.41) is 5.51. The van der Waals surface area contributed by atoms with Gasteiger partial charge < -0.3 is 15.5 Å². The zero-order chi connectivity index (χ0) is 18.7. The van der Waals surface area contributed by atoms with Crippen LogP contribution in [0.4, 0.5) is 17.1 Å². The number of carbonyl (C=O) groups is 3. The van der Waals surface area contributed by atoms with Gasteiger partial charge >= 0.3 is 0 Å². The Hall–Kier alpha value is -3.15. The van der Waals surface area contributed by atoms with Crippen LogP contribution >= 0.6 is 0 Å². The van der Waals surface area contributed by atoms with E-state index in [0.29, 0.717) is 17.9 Å². The lowest BCUT2D eigenvalue weighted by Gasteiger charge is -2.17. The number of carbonyl (C=O) groups excluding carboxylic acids is 3. The quantitative estimate of drug-likeness (QED) is 0.889. The Balaban J connectivity index is 1.66. The van der Waals surface area contributed by atoms with Crippen molar-refractivity contribution >= 4 is 34.8 Å². The topological polar surface area (TPSA) is 78.5 Å². The van der Waals surface area contributed by atoms with Crippen LogP contribution < -0.4 is 15.5 Å². The second kappa shape index (κ2) is 7.39. The van der Waals surface area contributed by atoms with Gasteiger partial charge in [0.15, 0.2) is 0 Å². The maximum atomic E-state index is 12.5. The summed E-state index contributed by atoms with van der Waals surface area (Å²) in [5.74, 6) is -0.842. The first kappa shape index (κ1) is 17.7. The molecule has 1 saturated heterocycles. The Morgan fingerprint density at radius 2 is 1.69 bits per heavy atom. The predicted molar refractivity (Wildman–Crippen MR) is 101 cm³/mol. The fourth-order valence-corrected chi connectivity index (χ4v) is 2.98. The van der Waals surface area contributed by atoms with Crippen molar-refractivity contribution in [2.24, 2.45) is 5.92 Å². The highest BCUT2D eigenvalue weighted by atomic mass is 16.2. The van der Waals surface area contributed by atoms with Crippen LogP contribution in [0.3, 0.4) is 0 Å². The fourth-order valence-electron chi connectivity index (χ4n) is 2.98. The van der Waals surface area contributed by atoms with Crippen molar-refractivity contribution in [3.05, 3.63) is 54.1 Å². The molecule has 0 unspecified atom stereocenters. The van der Waals surface area contributed by atoms with Crippen LogP contribution in [0, 0.1) is 12.8 Å². The molecule has 2 N–H and O–H groups in total. The summed E-state index contributed by atoms with van der Waals surface area (Å²) in [4.78, 5) is 37.6. The molecule has 1 aliphatic rings. The van der Waals surface area contributed by atoms with E-state index in [1.165, 1.54) is 6.92 Å². The molecule has 2 aromatic rings. The van der Waals surface area contributed by atoms with Crippen LogP contribution in [0.25, 0.3) is 0 Å². The van der Waals surface area contributed by atoms with Gasteiger partial charge in [-0.15, -0.1) is 0 Å². The molecule has 26 heavy (non-hydrogen) atoms. The fraction of sp³-hybridized carbons (Fsp3) is 0.250. The molecule has 0 saturated carbocycles. The normalized spacial score (nSPS) is 16.5. The summed E-state index contributed by atoms with van der Waals surface area (Å²) in [7, 11) is 0. The Kier molecular flexibility index (Phi) is 5.02. The van der Waals surface area contributed by atoms with Gasteiger partial charge in [-0.3, -0.25) is 14.4 Å². The number of nitrogens with one attached hydrogen (secondary N) is 2. The number of benzene rings is 2. The van der Waals surface area contributed by atoms with Crippen molar-refractivity contribution in [3.63, 3.8) is 0 Å². The molecule has 0 spiro atoms. The second-order valence-corrected chi connectivity index (χ2v) is 6.49.